The molecule has 0 saturated heterocycles. The van der Waals surface area contributed by atoms with Gasteiger partial charge in [-0.3, -0.25) is 0 Å². The fraction of sp³-hybridized carbons (Fsp3) is 1.00. The van der Waals surface area contributed by atoms with E-state index in [1.54, 1.807) is 0 Å². The van der Waals surface area contributed by atoms with E-state index >= 15 is 0 Å². The summed E-state index contributed by atoms with van der Waals surface area (Å²) < 4.78 is 0. The molecule has 0 aromatic carbocycles. The molecule has 0 amide bonds. The van der Waals surface area contributed by atoms with Gasteiger partial charge in [0.05, 0.1) is 0 Å². The summed E-state index contributed by atoms with van der Waals surface area (Å²) in [7, 11) is 0. The number of rotatable bonds is 15. The first-order valence-corrected chi connectivity index (χ1v) is 10.3. The molecule has 0 heterocycles. The quantitative estimate of drug-likeness (QED) is 0.241. The summed E-state index contributed by atoms with van der Waals surface area (Å²) in [6.45, 7) is 2.29. The maximum atomic E-state index is 2.29. The Labute approximate surface area is 127 Å². The first-order valence-electron chi connectivity index (χ1n) is 8.62. The fourth-order valence-electron chi connectivity index (χ4n) is 2.52. The van der Waals surface area contributed by atoms with E-state index in [9.17, 15) is 0 Å². The summed E-state index contributed by atoms with van der Waals surface area (Å²) >= 11 is 1.90. The molecule has 0 aromatic heterocycles. The van der Waals surface area contributed by atoms with Crippen LogP contribution in [0.5, 0.6) is 0 Å². The predicted octanol–water partition coefficient (Wildman–Crippen LogP) is 6.44. The van der Waals surface area contributed by atoms with Crippen molar-refractivity contribution in [3.05, 3.63) is 0 Å². The average Bonchev–Trinajstić information content (AvgIpc) is 2.39. The third-order valence-electron chi connectivity index (χ3n) is 3.81. The normalized spacial score (nSPS) is 10.9. The van der Waals surface area contributed by atoms with E-state index in [0.29, 0.717) is 0 Å². The molecule has 0 bridgehead atoms. The van der Waals surface area contributed by atoms with Crippen molar-refractivity contribution in [3.8, 4) is 0 Å². The van der Waals surface area contributed by atoms with Gasteiger partial charge in [0.15, 0.2) is 0 Å². The molecule has 0 rings (SSSR count). The van der Waals surface area contributed by atoms with E-state index in [4.69, 9.17) is 0 Å². The Hall–Kier alpha value is 0.636. The van der Waals surface area contributed by atoms with Crippen molar-refractivity contribution < 1.29 is 0 Å². The minimum atomic E-state index is 1.37. The molecule has 0 unspecified atom stereocenters. The van der Waals surface area contributed by atoms with Crippen LogP contribution in [0.25, 0.3) is 0 Å². The van der Waals surface area contributed by atoms with Gasteiger partial charge in [-0.05, 0) is 0 Å². The second kappa shape index (κ2) is 17.6. The zero-order chi connectivity index (χ0) is 13.3. The molecule has 0 nitrogen and oxygen atoms in total. The van der Waals surface area contributed by atoms with E-state index in [1.807, 2.05) is 18.6 Å². The SMILES string of the molecule is CCCCCCCCCCCCCCCC[CH2][Ga]. The van der Waals surface area contributed by atoms with Crippen LogP contribution in [0.3, 0.4) is 0 Å². The Balaban J connectivity index is 2.86. The van der Waals surface area contributed by atoms with Crippen molar-refractivity contribution in [1.82, 2.24) is 0 Å². The molecular formula is C17H35Ga. The van der Waals surface area contributed by atoms with Crippen LogP contribution in [0.2, 0.25) is 4.98 Å². The van der Waals surface area contributed by atoms with Crippen molar-refractivity contribution in [2.24, 2.45) is 0 Å². The molecule has 0 aromatic rings. The number of hydrogen-bond acceptors (Lipinski definition) is 0. The van der Waals surface area contributed by atoms with Crippen LogP contribution in [-0.2, 0) is 0 Å². The molecule has 0 aliphatic heterocycles. The van der Waals surface area contributed by atoms with Gasteiger partial charge in [0.1, 0.15) is 0 Å². The Kier molecular flexibility index (Phi) is 18.3. The molecule has 0 N–H and O–H groups in total. The van der Waals surface area contributed by atoms with Gasteiger partial charge in [-0.1, -0.05) is 32.6 Å². The van der Waals surface area contributed by atoms with Crippen molar-refractivity contribution >= 4 is 18.6 Å². The summed E-state index contributed by atoms with van der Waals surface area (Å²) in [5.41, 5.74) is 0. The van der Waals surface area contributed by atoms with Crippen LogP contribution < -0.4 is 0 Å². The Bertz CT molecular complexity index is 118. The zero-order valence-electron chi connectivity index (χ0n) is 12.9. The van der Waals surface area contributed by atoms with E-state index in [1.165, 1.54) is 101 Å². The topological polar surface area (TPSA) is 0 Å². The van der Waals surface area contributed by atoms with Crippen molar-refractivity contribution in [2.75, 3.05) is 0 Å². The van der Waals surface area contributed by atoms with Crippen LogP contribution in [0.15, 0.2) is 0 Å². The molecule has 0 saturated carbocycles. The third kappa shape index (κ3) is 16.6. The first kappa shape index (κ1) is 18.6. The van der Waals surface area contributed by atoms with Crippen molar-refractivity contribution in [3.63, 3.8) is 0 Å². The Morgan fingerprint density at radius 2 is 0.722 bits per heavy atom. The molecule has 2 radical (unpaired) electrons. The van der Waals surface area contributed by atoms with Crippen molar-refractivity contribution in [1.29, 1.82) is 0 Å². The van der Waals surface area contributed by atoms with E-state index in [2.05, 4.69) is 6.92 Å². The van der Waals surface area contributed by atoms with Gasteiger partial charge in [0.2, 0.25) is 0 Å². The summed E-state index contributed by atoms with van der Waals surface area (Å²) in [6.07, 6.45) is 22.1. The maximum absolute atomic E-state index is 2.29. The number of unbranched alkanes of at least 4 members (excludes halogenated alkanes) is 14. The second-order valence-corrected chi connectivity index (χ2v) is 6.95. The second-order valence-electron chi connectivity index (χ2n) is 5.74. The molecule has 0 fully saturated rings. The molecule has 106 valence electrons. The summed E-state index contributed by atoms with van der Waals surface area (Å²) in [5.74, 6) is 0. The first-order chi connectivity index (χ1) is 8.91. The van der Waals surface area contributed by atoms with Crippen LogP contribution >= 0.6 is 0 Å². The zero-order valence-corrected chi connectivity index (χ0v) is 15.3. The molecule has 0 spiro atoms. The molecule has 0 atom stereocenters. The van der Waals surface area contributed by atoms with Crippen molar-refractivity contribution in [2.45, 2.75) is 108 Å². The van der Waals surface area contributed by atoms with Gasteiger partial charge in [0, 0.05) is 0 Å². The van der Waals surface area contributed by atoms with Gasteiger partial charge in [-0.2, -0.15) is 0 Å². The fourth-order valence-corrected chi connectivity index (χ4v) is 3.12. The van der Waals surface area contributed by atoms with Gasteiger partial charge >= 0.3 is 94.2 Å². The van der Waals surface area contributed by atoms with E-state index in [-0.39, 0.29) is 0 Å². The molecular weight excluding hydrogens is 274 g/mol. The standard InChI is InChI=1S/C17H35.Ga/c1-3-5-7-9-11-13-15-17-16-14-12-10-8-6-4-2;/h1,3-17H2,2H3;. The molecule has 0 aliphatic carbocycles. The Morgan fingerprint density at radius 3 is 1.00 bits per heavy atom. The summed E-state index contributed by atoms with van der Waals surface area (Å²) in [4.78, 5) is 1.44. The predicted molar refractivity (Wildman–Crippen MR) is 85.5 cm³/mol. The third-order valence-corrected chi connectivity index (χ3v) is 4.66. The molecule has 1 heteroatoms. The van der Waals surface area contributed by atoms with Crippen LogP contribution in [-0.4, -0.2) is 18.6 Å². The van der Waals surface area contributed by atoms with Crippen LogP contribution in [0.4, 0.5) is 0 Å². The minimum absolute atomic E-state index is 1.37. The van der Waals surface area contributed by atoms with Gasteiger partial charge in [-0.25, -0.2) is 0 Å². The Morgan fingerprint density at radius 1 is 0.444 bits per heavy atom. The number of hydrogen-bond donors (Lipinski definition) is 0. The van der Waals surface area contributed by atoms with Crippen LogP contribution in [0.1, 0.15) is 103 Å². The summed E-state index contributed by atoms with van der Waals surface area (Å²) in [5, 5.41) is 0. The average molecular weight is 309 g/mol. The van der Waals surface area contributed by atoms with Gasteiger partial charge < -0.3 is 0 Å². The molecule has 0 aliphatic rings. The van der Waals surface area contributed by atoms with Crippen LogP contribution in [0, 0.1) is 0 Å². The van der Waals surface area contributed by atoms with Gasteiger partial charge in [-0.15, -0.1) is 0 Å². The van der Waals surface area contributed by atoms with E-state index < -0.39 is 0 Å². The van der Waals surface area contributed by atoms with Gasteiger partial charge in [0.25, 0.3) is 0 Å². The molecule has 18 heavy (non-hydrogen) atoms. The monoisotopic (exact) mass is 308 g/mol. The summed E-state index contributed by atoms with van der Waals surface area (Å²) in [6, 6.07) is 0. The van der Waals surface area contributed by atoms with E-state index in [0.717, 1.165) is 0 Å².